The Hall–Kier alpha value is -2.74. The second-order valence-electron chi connectivity index (χ2n) is 7.95. The molecular weight excluding hydrogens is 555 g/mol. The number of carboxylic acid groups (broad SMARTS) is 1. The van der Waals surface area contributed by atoms with Gasteiger partial charge in [-0.05, 0) is 32.4 Å². The van der Waals surface area contributed by atoms with Crippen molar-refractivity contribution in [3.8, 4) is 11.5 Å². The molecule has 0 aliphatic carbocycles. The first-order valence-electron chi connectivity index (χ1n) is 11.3. The Kier molecular flexibility index (Phi) is 8.07. The van der Waals surface area contributed by atoms with Gasteiger partial charge in [-0.2, -0.15) is 0 Å². The zero-order valence-corrected chi connectivity index (χ0v) is 24.1. The monoisotopic (exact) mass is 579 g/mol. The molecule has 3 heterocycles. The van der Waals surface area contributed by atoms with Crippen molar-refractivity contribution < 1.29 is 24.2 Å². The standard InChI is InChI=1S/C24H25N3O6S4/c1-6-25-13-9-14(32-4)15(33-5)10-16(13)35-17(25)8-12(3)19-21(30)26(7-2)23(36-19)20-22(31)27(11-18(28)29)24(34)37-20/h8-10H,6-7,11H2,1-5H3,(H,28,29)/b17-8?,19-12?,23-20-. The van der Waals surface area contributed by atoms with Crippen LogP contribution < -0.4 is 29.1 Å². The Morgan fingerprint density at radius 2 is 1.76 bits per heavy atom. The molecule has 0 unspecified atom stereocenters. The van der Waals surface area contributed by atoms with E-state index < -0.39 is 18.4 Å². The van der Waals surface area contributed by atoms with E-state index in [1.165, 1.54) is 11.3 Å². The summed E-state index contributed by atoms with van der Waals surface area (Å²) < 4.78 is 13.6. The molecule has 9 nitrogen and oxygen atoms in total. The fourth-order valence-corrected chi connectivity index (χ4v) is 7.85. The molecule has 1 aromatic heterocycles. The quantitative estimate of drug-likeness (QED) is 0.493. The summed E-state index contributed by atoms with van der Waals surface area (Å²) in [5, 5.41) is 10.1. The molecule has 1 N–H and O–H groups in total. The predicted octanol–water partition coefficient (Wildman–Crippen LogP) is 2.64. The maximum absolute atomic E-state index is 13.4. The number of allylic oxidation sites excluding steroid dienone is 1. The number of amides is 1. The molecule has 0 bridgehead atoms. The molecule has 0 atom stereocenters. The molecule has 1 saturated heterocycles. The van der Waals surface area contributed by atoms with Gasteiger partial charge in [0, 0.05) is 30.1 Å². The summed E-state index contributed by atoms with van der Waals surface area (Å²) in [6, 6.07) is 3.88. The molecule has 1 amide bonds. The fraction of sp³-hybridized carbons (Fsp3) is 0.333. The van der Waals surface area contributed by atoms with Gasteiger partial charge in [-0.1, -0.05) is 35.7 Å². The number of ether oxygens (including phenoxy) is 2. The van der Waals surface area contributed by atoms with E-state index in [4.69, 9.17) is 26.8 Å². The number of benzene rings is 1. The molecule has 0 radical (unpaired) electrons. The highest BCUT2D eigenvalue weighted by Crippen LogP contribution is 2.50. The van der Waals surface area contributed by atoms with E-state index in [1.807, 2.05) is 39.0 Å². The fourth-order valence-electron chi connectivity index (χ4n) is 4.03. The molecule has 0 spiro atoms. The van der Waals surface area contributed by atoms with Crippen molar-refractivity contribution in [2.75, 3.05) is 32.2 Å². The van der Waals surface area contributed by atoms with Gasteiger partial charge in [-0.3, -0.25) is 23.9 Å². The summed E-state index contributed by atoms with van der Waals surface area (Å²) in [6.07, 6.45) is 1.97. The van der Waals surface area contributed by atoms with Gasteiger partial charge in [-0.15, -0.1) is 11.3 Å². The number of methoxy groups -OCH3 is 2. The number of hydrogen-bond donors (Lipinski definition) is 1. The number of fused-ring (bicyclic) bond motifs is 1. The number of rotatable bonds is 7. The van der Waals surface area contributed by atoms with E-state index in [9.17, 15) is 14.4 Å². The van der Waals surface area contributed by atoms with Crippen LogP contribution in [0.3, 0.4) is 0 Å². The minimum Gasteiger partial charge on any atom is -0.493 e. The third-order valence-electron chi connectivity index (χ3n) is 5.79. The Morgan fingerprint density at radius 1 is 1.08 bits per heavy atom. The second-order valence-corrected chi connectivity index (χ2v) is 11.7. The van der Waals surface area contributed by atoms with Crippen molar-refractivity contribution in [3.05, 3.63) is 42.8 Å². The number of thioether (sulfide) groups is 2. The number of anilines is 1. The lowest BCUT2D eigenvalue weighted by Crippen LogP contribution is -2.35. The number of thiazole rings is 1. The van der Waals surface area contributed by atoms with Crippen LogP contribution in [0.4, 0.5) is 5.69 Å². The van der Waals surface area contributed by atoms with Gasteiger partial charge in [0.05, 0.1) is 29.5 Å². The average Bonchev–Trinajstić information content (AvgIpc) is 3.48. The summed E-state index contributed by atoms with van der Waals surface area (Å²) >= 11 is 9.06. The molecule has 2 aromatic rings. The molecule has 196 valence electrons. The molecule has 4 rings (SSSR count). The molecule has 1 aromatic carbocycles. The van der Waals surface area contributed by atoms with Crippen molar-refractivity contribution in [1.29, 1.82) is 0 Å². The zero-order valence-electron chi connectivity index (χ0n) is 20.8. The van der Waals surface area contributed by atoms with Gasteiger partial charge in [0.25, 0.3) is 11.5 Å². The van der Waals surface area contributed by atoms with Crippen LogP contribution in [0, 0.1) is 0 Å². The van der Waals surface area contributed by atoms with Gasteiger partial charge in [0.2, 0.25) is 0 Å². The number of aliphatic carboxylic acids is 1. The summed E-state index contributed by atoms with van der Waals surface area (Å²) in [7, 11) is 3.20. The molecule has 2 aliphatic heterocycles. The normalized spacial score (nSPS) is 18.6. The van der Waals surface area contributed by atoms with Crippen LogP contribution in [0.1, 0.15) is 20.8 Å². The van der Waals surface area contributed by atoms with Crippen LogP contribution >= 0.6 is 47.1 Å². The number of carbonyl (C=O) groups is 2. The van der Waals surface area contributed by atoms with Crippen molar-refractivity contribution in [3.63, 3.8) is 0 Å². The lowest BCUT2D eigenvalue weighted by molar-refractivity contribution is -0.140. The van der Waals surface area contributed by atoms with Crippen LogP contribution in [0.15, 0.2) is 32.9 Å². The second kappa shape index (κ2) is 10.9. The first-order valence-corrected chi connectivity index (χ1v) is 14.1. The molecule has 2 aliphatic rings. The summed E-state index contributed by atoms with van der Waals surface area (Å²) in [5.74, 6) is -0.364. The third-order valence-corrected chi connectivity index (χ3v) is 9.77. The SMILES string of the molecule is CCN1C(=CC(C)=c2s/c(=C3\SC(=S)N(CC(=O)O)C3=O)n(CC)c2=O)Sc2cc(OC)c(OC)cc21. The van der Waals surface area contributed by atoms with Gasteiger partial charge >= 0.3 is 5.97 Å². The number of aromatic nitrogens is 1. The third kappa shape index (κ3) is 4.92. The van der Waals surface area contributed by atoms with Gasteiger partial charge in [-0.25, -0.2) is 0 Å². The van der Waals surface area contributed by atoms with Crippen molar-refractivity contribution >= 4 is 79.4 Å². The van der Waals surface area contributed by atoms with E-state index in [2.05, 4.69) is 4.90 Å². The van der Waals surface area contributed by atoms with Crippen LogP contribution in [0.5, 0.6) is 11.5 Å². The lowest BCUT2D eigenvalue weighted by atomic mass is 10.2. The van der Waals surface area contributed by atoms with Crippen molar-refractivity contribution in [2.45, 2.75) is 32.2 Å². The van der Waals surface area contributed by atoms with E-state index in [0.29, 0.717) is 33.8 Å². The zero-order chi connectivity index (χ0) is 27.0. The van der Waals surface area contributed by atoms with Crippen LogP contribution in [0.25, 0.3) is 10.5 Å². The smallest absolute Gasteiger partial charge is 0.323 e. The molecule has 37 heavy (non-hydrogen) atoms. The highest BCUT2D eigenvalue weighted by Gasteiger charge is 2.35. The largest absolute Gasteiger partial charge is 0.493 e. The van der Waals surface area contributed by atoms with E-state index in [1.54, 1.807) is 30.5 Å². The Bertz CT molecular complexity index is 1520. The highest BCUT2D eigenvalue weighted by molar-refractivity contribution is 8.30. The van der Waals surface area contributed by atoms with Crippen LogP contribution in [-0.2, 0) is 16.1 Å². The van der Waals surface area contributed by atoms with E-state index in [-0.39, 0.29) is 14.8 Å². The Morgan fingerprint density at radius 3 is 2.35 bits per heavy atom. The van der Waals surface area contributed by atoms with E-state index >= 15 is 0 Å². The summed E-state index contributed by atoms with van der Waals surface area (Å²) in [5.41, 5.74) is 1.56. The van der Waals surface area contributed by atoms with E-state index in [0.717, 1.165) is 37.8 Å². The van der Waals surface area contributed by atoms with Crippen LogP contribution in [-0.4, -0.2) is 58.1 Å². The maximum atomic E-state index is 13.4. The topological polar surface area (TPSA) is 101 Å². The van der Waals surface area contributed by atoms with Gasteiger partial charge in [0.1, 0.15) is 20.4 Å². The predicted molar refractivity (Wildman–Crippen MR) is 152 cm³/mol. The number of thiocarbonyl (C=S) groups is 1. The van der Waals surface area contributed by atoms with Gasteiger partial charge < -0.3 is 19.5 Å². The molecular formula is C24H25N3O6S4. The van der Waals surface area contributed by atoms with Gasteiger partial charge in [0.15, 0.2) is 11.5 Å². The first-order chi connectivity index (χ1) is 17.6. The van der Waals surface area contributed by atoms with Crippen molar-refractivity contribution in [2.24, 2.45) is 0 Å². The highest BCUT2D eigenvalue weighted by atomic mass is 32.2. The minimum absolute atomic E-state index is 0.167. The number of carboxylic acids is 1. The molecule has 13 heteroatoms. The van der Waals surface area contributed by atoms with Crippen molar-refractivity contribution in [1.82, 2.24) is 9.47 Å². The maximum Gasteiger partial charge on any atom is 0.323 e. The lowest BCUT2D eigenvalue weighted by Gasteiger charge is -2.19. The molecule has 0 saturated carbocycles. The Labute approximate surface area is 231 Å². The Balaban J connectivity index is 1.83. The first kappa shape index (κ1) is 27.3. The summed E-state index contributed by atoms with van der Waals surface area (Å²) in [4.78, 5) is 42.0. The van der Waals surface area contributed by atoms with Crippen LogP contribution in [0.2, 0.25) is 0 Å². The molecule has 1 fully saturated rings. The minimum atomic E-state index is -1.15. The number of carbonyl (C=O) groups excluding carboxylic acids is 1. The summed E-state index contributed by atoms with van der Waals surface area (Å²) in [6.45, 7) is 6.31. The average molecular weight is 580 g/mol. The number of hydrogen-bond acceptors (Lipinski definition) is 10. The number of nitrogens with zero attached hydrogens (tertiary/aromatic N) is 3.